The second-order valence-corrected chi connectivity index (χ2v) is 8.42. The fourth-order valence-electron chi connectivity index (χ4n) is 2.89. The molecular weight excluding hydrogens is 346 g/mol. The molecule has 0 radical (unpaired) electrons. The SMILES string of the molecule is Cc1cccc(CNCc2ccc(OCCC(C)C)cc2OCCC(C)C)c1. The van der Waals surface area contributed by atoms with Crippen LogP contribution in [0.3, 0.4) is 0 Å². The largest absolute Gasteiger partial charge is 0.493 e. The summed E-state index contributed by atoms with van der Waals surface area (Å²) >= 11 is 0. The van der Waals surface area contributed by atoms with Crippen LogP contribution < -0.4 is 14.8 Å². The summed E-state index contributed by atoms with van der Waals surface area (Å²) in [6, 6.07) is 14.8. The zero-order valence-corrected chi connectivity index (χ0v) is 18.3. The highest BCUT2D eigenvalue weighted by molar-refractivity contribution is 5.41. The van der Waals surface area contributed by atoms with Crippen molar-refractivity contribution in [2.45, 2.75) is 60.5 Å². The van der Waals surface area contributed by atoms with E-state index in [1.807, 2.05) is 6.07 Å². The predicted octanol–water partition coefficient (Wildman–Crippen LogP) is 6.13. The zero-order valence-electron chi connectivity index (χ0n) is 18.3. The van der Waals surface area contributed by atoms with Gasteiger partial charge < -0.3 is 14.8 Å². The van der Waals surface area contributed by atoms with Gasteiger partial charge in [0, 0.05) is 24.7 Å². The maximum Gasteiger partial charge on any atom is 0.127 e. The molecule has 3 heteroatoms. The van der Waals surface area contributed by atoms with Crippen LogP contribution in [0.5, 0.6) is 11.5 Å². The van der Waals surface area contributed by atoms with Crippen molar-refractivity contribution in [1.29, 1.82) is 0 Å². The quantitative estimate of drug-likeness (QED) is 0.478. The minimum absolute atomic E-state index is 0.633. The molecule has 0 atom stereocenters. The third kappa shape index (κ3) is 8.35. The Kier molecular flexibility index (Phi) is 9.36. The molecule has 1 N–H and O–H groups in total. The van der Waals surface area contributed by atoms with Gasteiger partial charge in [0.05, 0.1) is 13.2 Å². The van der Waals surface area contributed by atoms with Crippen LogP contribution in [0.2, 0.25) is 0 Å². The van der Waals surface area contributed by atoms with Gasteiger partial charge in [0.15, 0.2) is 0 Å². The van der Waals surface area contributed by atoms with Gasteiger partial charge in [-0.25, -0.2) is 0 Å². The van der Waals surface area contributed by atoms with E-state index in [2.05, 4.69) is 76.3 Å². The van der Waals surface area contributed by atoms with E-state index in [1.54, 1.807) is 0 Å². The van der Waals surface area contributed by atoms with Gasteiger partial charge in [0.1, 0.15) is 11.5 Å². The van der Waals surface area contributed by atoms with Crippen molar-refractivity contribution in [3.8, 4) is 11.5 Å². The number of rotatable bonds is 12. The van der Waals surface area contributed by atoms with Gasteiger partial charge in [-0.05, 0) is 43.2 Å². The van der Waals surface area contributed by atoms with Crippen LogP contribution >= 0.6 is 0 Å². The van der Waals surface area contributed by atoms with E-state index in [0.717, 1.165) is 50.6 Å². The van der Waals surface area contributed by atoms with E-state index in [-0.39, 0.29) is 0 Å². The Balaban J connectivity index is 1.98. The van der Waals surface area contributed by atoms with Crippen molar-refractivity contribution in [2.75, 3.05) is 13.2 Å². The third-order valence-corrected chi connectivity index (χ3v) is 4.68. The van der Waals surface area contributed by atoms with Crippen molar-refractivity contribution >= 4 is 0 Å². The first-order valence-corrected chi connectivity index (χ1v) is 10.6. The molecule has 0 aliphatic heterocycles. The first kappa shape index (κ1) is 22.3. The Labute approximate surface area is 171 Å². The van der Waals surface area contributed by atoms with Crippen LogP contribution in [0, 0.1) is 18.8 Å². The maximum atomic E-state index is 6.12. The average molecular weight is 384 g/mol. The molecule has 3 nitrogen and oxygen atoms in total. The minimum atomic E-state index is 0.633. The number of benzene rings is 2. The molecule has 0 saturated carbocycles. The lowest BCUT2D eigenvalue weighted by Gasteiger charge is -2.16. The number of nitrogens with one attached hydrogen (secondary N) is 1. The molecule has 2 aromatic rings. The fourth-order valence-corrected chi connectivity index (χ4v) is 2.89. The lowest BCUT2D eigenvalue weighted by Crippen LogP contribution is -2.14. The molecule has 0 amide bonds. The standard InChI is InChI=1S/C25H37NO2/c1-19(2)11-13-27-24-10-9-23(25(16-24)28-14-12-20(3)4)18-26-17-22-8-6-7-21(5)15-22/h6-10,15-16,19-20,26H,11-14,17-18H2,1-5H3. The van der Waals surface area contributed by atoms with Gasteiger partial charge in [-0.15, -0.1) is 0 Å². The molecule has 28 heavy (non-hydrogen) atoms. The molecule has 154 valence electrons. The lowest BCUT2D eigenvalue weighted by atomic mass is 10.1. The van der Waals surface area contributed by atoms with Crippen LogP contribution in [0.4, 0.5) is 0 Å². The first-order valence-electron chi connectivity index (χ1n) is 10.6. The van der Waals surface area contributed by atoms with Crippen LogP contribution in [0.15, 0.2) is 42.5 Å². The number of hydrogen-bond donors (Lipinski definition) is 1. The molecule has 0 aliphatic carbocycles. The van der Waals surface area contributed by atoms with Crippen molar-refractivity contribution in [3.63, 3.8) is 0 Å². The van der Waals surface area contributed by atoms with Crippen molar-refractivity contribution in [2.24, 2.45) is 11.8 Å². The Morgan fingerprint density at radius 1 is 0.821 bits per heavy atom. The molecule has 0 saturated heterocycles. The highest BCUT2D eigenvalue weighted by Gasteiger charge is 2.08. The van der Waals surface area contributed by atoms with Crippen LogP contribution in [0.1, 0.15) is 57.2 Å². The summed E-state index contributed by atoms with van der Waals surface area (Å²) in [6.45, 7) is 14.1. The van der Waals surface area contributed by atoms with Gasteiger partial charge >= 0.3 is 0 Å². The van der Waals surface area contributed by atoms with E-state index in [4.69, 9.17) is 9.47 Å². The topological polar surface area (TPSA) is 30.5 Å². The monoisotopic (exact) mass is 383 g/mol. The van der Waals surface area contributed by atoms with E-state index in [0.29, 0.717) is 11.8 Å². The van der Waals surface area contributed by atoms with Gasteiger partial charge in [-0.1, -0.05) is 63.6 Å². The molecule has 0 bridgehead atoms. The third-order valence-electron chi connectivity index (χ3n) is 4.68. The predicted molar refractivity (Wildman–Crippen MR) is 118 cm³/mol. The molecule has 2 aromatic carbocycles. The Morgan fingerprint density at radius 2 is 1.54 bits per heavy atom. The highest BCUT2D eigenvalue weighted by atomic mass is 16.5. The van der Waals surface area contributed by atoms with Crippen molar-refractivity contribution in [3.05, 3.63) is 59.2 Å². The number of ether oxygens (including phenoxy) is 2. The van der Waals surface area contributed by atoms with E-state index < -0.39 is 0 Å². The van der Waals surface area contributed by atoms with Crippen molar-refractivity contribution < 1.29 is 9.47 Å². The van der Waals surface area contributed by atoms with E-state index >= 15 is 0 Å². The summed E-state index contributed by atoms with van der Waals surface area (Å²) in [5.41, 5.74) is 3.77. The van der Waals surface area contributed by atoms with E-state index in [9.17, 15) is 0 Å². The fraction of sp³-hybridized carbons (Fsp3) is 0.520. The van der Waals surface area contributed by atoms with Gasteiger partial charge in [0.25, 0.3) is 0 Å². The number of hydrogen-bond acceptors (Lipinski definition) is 3. The maximum absolute atomic E-state index is 6.12. The van der Waals surface area contributed by atoms with Crippen LogP contribution in [-0.4, -0.2) is 13.2 Å². The van der Waals surface area contributed by atoms with Crippen molar-refractivity contribution in [1.82, 2.24) is 5.32 Å². The summed E-state index contributed by atoms with van der Waals surface area (Å²) in [6.07, 6.45) is 2.11. The van der Waals surface area contributed by atoms with Gasteiger partial charge in [-0.3, -0.25) is 0 Å². The molecule has 0 aliphatic rings. The average Bonchev–Trinajstić information content (AvgIpc) is 2.63. The normalized spacial score (nSPS) is 11.2. The molecule has 2 rings (SSSR count). The Morgan fingerprint density at radius 3 is 2.21 bits per heavy atom. The smallest absolute Gasteiger partial charge is 0.127 e. The molecule has 0 fully saturated rings. The molecule has 0 heterocycles. The molecule has 0 spiro atoms. The van der Waals surface area contributed by atoms with Crippen LogP contribution in [0.25, 0.3) is 0 Å². The Hall–Kier alpha value is -2.00. The lowest BCUT2D eigenvalue weighted by molar-refractivity contribution is 0.274. The number of aryl methyl sites for hydroxylation is 1. The second kappa shape index (κ2) is 11.8. The summed E-state index contributed by atoms with van der Waals surface area (Å²) in [4.78, 5) is 0. The van der Waals surface area contributed by atoms with Gasteiger partial charge in [0.2, 0.25) is 0 Å². The summed E-state index contributed by atoms with van der Waals surface area (Å²) in [5.74, 6) is 3.10. The Bertz CT molecular complexity index is 709. The summed E-state index contributed by atoms with van der Waals surface area (Å²) in [7, 11) is 0. The summed E-state index contributed by atoms with van der Waals surface area (Å²) in [5, 5.41) is 3.54. The zero-order chi connectivity index (χ0) is 20.4. The summed E-state index contributed by atoms with van der Waals surface area (Å²) < 4.78 is 12.0. The minimum Gasteiger partial charge on any atom is -0.493 e. The molecule has 0 unspecified atom stereocenters. The second-order valence-electron chi connectivity index (χ2n) is 8.42. The molecule has 0 aromatic heterocycles. The van der Waals surface area contributed by atoms with E-state index in [1.165, 1.54) is 16.7 Å². The highest BCUT2D eigenvalue weighted by Crippen LogP contribution is 2.26. The molecular formula is C25H37NO2. The van der Waals surface area contributed by atoms with Gasteiger partial charge in [-0.2, -0.15) is 0 Å². The van der Waals surface area contributed by atoms with Crippen LogP contribution in [-0.2, 0) is 13.1 Å². The first-order chi connectivity index (χ1) is 13.4.